The van der Waals surface area contributed by atoms with E-state index in [-0.39, 0.29) is 29.3 Å². The van der Waals surface area contributed by atoms with E-state index in [0.717, 1.165) is 34.9 Å². The summed E-state index contributed by atoms with van der Waals surface area (Å²) in [5.41, 5.74) is 2.84. The van der Waals surface area contributed by atoms with Crippen LogP contribution in [-0.2, 0) is 16.5 Å². The Bertz CT molecular complexity index is 1080. The van der Waals surface area contributed by atoms with Gasteiger partial charge in [0.2, 0.25) is 0 Å². The van der Waals surface area contributed by atoms with Crippen LogP contribution in [0.4, 0.5) is 0 Å². The molecule has 3 aromatic rings. The zero-order chi connectivity index (χ0) is 21.5. The fraction of sp³-hybridized carbons (Fsp3) is 0.400. The van der Waals surface area contributed by atoms with Crippen molar-refractivity contribution >= 4 is 16.9 Å². The van der Waals surface area contributed by atoms with Gasteiger partial charge in [-0.15, -0.1) is 0 Å². The van der Waals surface area contributed by atoms with Gasteiger partial charge < -0.3 is 19.1 Å². The molecule has 0 unspecified atom stereocenters. The number of phenolic OH excluding ortho intramolecular Hbond substituents is 1. The molecule has 1 N–H and O–H groups in total. The minimum Gasteiger partial charge on any atom is -0.508 e. The Balaban J connectivity index is 2.01. The summed E-state index contributed by atoms with van der Waals surface area (Å²) in [6.07, 6.45) is 1.60. The van der Waals surface area contributed by atoms with Crippen LogP contribution in [0.1, 0.15) is 61.1 Å². The number of ether oxygens (including phenoxy) is 2. The maximum absolute atomic E-state index is 13.1. The second kappa shape index (κ2) is 7.80. The van der Waals surface area contributed by atoms with Crippen molar-refractivity contribution in [2.75, 3.05) is 6.61 Å². The van der Waals surface area contributed by atoms with E-state index in [1.165, 1.54) is 0 Å². The first-order chi connectivity index (χ1) is 14.3. The van der Waals surface area contributed by atoms with Gasteiger partial charge in [0.15, 0.2) is 0 Å². The number of esters is 1. The van der Waals surface area contributed by atoms with Crippen LogP contribution in [0.3, 0.4) is 0 Å². The van der Waals surface area contributed by atoms with Crippen LogP contribution in [0.25, 0.3) is 10.9 Å². The number of aromatic hydroxyl groups is 1. The summed E-state index contributed by atoms with van der Waals surface area (Å²) in [5.74, 6) is -0.444. The smallest absolute Gasteiger partial charge is 0.355 e. The van der Waals surface area contributed by atoms with E-state index in [9.17, 15) is 9.90 Å². The van der Waals surface area contributed by atoms with Crippen molar-refractivity contribution < 1.29 is 19.4 Å². The largest absolute Gasteiger partial charge is 0.508 e. The molecule has 5 heteroatoms. The van der Waals surface area contributed by atoms with Crippen molar-refractivity contribution in [3.05, 3.63) is 65.4 Å². The quantitative estimate of drug-likeness (QED) is 0.594. The number of fused-ring (bicyclic) bond motifs is 1. The molecule has 5 nitrogen and oxygen atoms in total. The summed E-state index contributed by atoms with van der Waals surface area (Å²) < 4.78 is 13.8. The molecule has 0 spiro atoms. The predicted molar refractivity (Wildman–Crippen MR) is 117 cm³/mol. The van der Waals surface area contributed by atoms with E-state index in [1.807, 2.05) is 61.0 Å². The van der Waals surface area contributed by atoms with E-state index < -0.39 is 0 Å². The maximum atomic E-state index is 13.1. The lowest BCUT2D eigenvalue weighted by Crippen LogP contribution is -2.26. The predicted octanol–water partition coefficient (Wildman–Crippen LogP) is 5.15. The summed E-state index contributed by atoms with van der Waals surface area (Å²) in [6, 6.07) is 15.3. The Kier molecular flexibility index (Phi) is 5.33. The first-order valence-corrected chi connectivity index (χ1v) is 10.5. The van der Waals surface area contributed by atoms with Crippen molar-refractivity contribution in [1.82, 2.24) is 4.57 Å². The average Bonchev–Trinajstić information content (AvgIpc) is 3.21. The summed E-state index contributed by atoms with van der Waals surface area (Å²) in [4.78, 5) is 13.1. The topological polar surface area (TPSA) is 60.7 Å². The van der Waals surface area contributed by atoms with Crippen molar-refractivity contribution in [2.24, 2.45) is 7.05 Å². The van der Waals surface area contributed by atoms with E-state index in [1.54, 1.807) is 6.07 Å². The molecule has 158 valence electrons. The van der Waals surface area contributed by atoms with Gasteiger partial charge in [0, 0.05) is 35.0 Å². The maximum Gasteiger partial charge on any atom is 0.355 e. The van der Waals surface area contributed by atoms with E-state index in [2.05, 4.69) is 13.8 Å². The molecular formula is C25H29NO4. The minimum absolute atomic E-state index is 0.160. The first-order valence-electron chi connectivity index (χ1n) is 10.5. The number of aryl methyl sites for hydroxylation is 1. The summed E-state index contributed by atoms with van der Waals surface area (Å²) >= 11 is 0. The van der Waals surface area contributed by atoms with Gasteiger partial charge in [-0.2, -0.15) is 0 Å². The molecule has 2 atom stereocenters. The van der Waals surface area contributed by atoms with Crippen molar-refractivity contribution in [3.63, 3.8) is 0 Å². The monoisotopic (exact) mass is 407 g/mol. The highest BCUT2D eigenvalue weighted by atomic mass is 16.5. The summed E-state index contributed by atoms with van der Waals surface area (Å²) in [6.45, 7) is 6.28. The van der Waals surface area contributed by atoms with Crippen LogP contribution in [0, 0.1) is 0 Å². The van der Waals surface area contributed by atoms with Gasteiger partial charge in [0.25, 0.3) is 0 Å². The number of carbonyl (C=O) groups is 1. The third-order valence-corrected chi connectivity index (χ3v) is 6.07. The standard InChI is InChI=1S/C25H29NO4/c1-5-29-24(28)23-22(16-10-6-8-12-18(16)26(23)4)21(17-11-7-9-13-19(17)27)20-14-15-25(2,3)30-20/h6-13,20-21,27H,5,14-15H2,1-4H3/t20-,21-/m1/s1. The fourth-order valence-corrected chi connectivity index (χ4v) is 4.73. The molecular weight excluding hydrogens is 378 g/mol. The Morgan fingerprint density at radius 2 is 1.93 bits per heavy atom. The van der Waals surface area contributed by atoms with Gasteiger partial charge >= 0.3 is 5.97 Å². The van der Waals surface area contributed by atoms with Crippen LogP contribution >= 0.6 is 0 Å². The molecule has 0 aliphatic carbocycles. The SMILES string of the molecule is CCOC(=O)c1c([C@H](c2ccccc2O)[C@H]2CCC(C)(C)O2)c2ccccc2n1C. The first kappa shape index (κ1) is 20.5. The molecule has 30 heavy (non-hydrogen) atoms. The van der Waals surface area contributed by atoms with Crippen LogP contribution in [0.2, 0.25) is 0 Å². The van der Waals surface area contributed by atoms with Gasteiger partial charge in [0.05, 0.1) is 18.3 Å². The van der Waals surface area contributed by atoms with E-state index in [0.29, 0.717) is 12.3 Å². The number of rotatable bonds is 5. The van der Waals surface area contributed by atoms with Crippen molar-refractivity contribution in [1.29, 1.82) is 0 Å². The number of para-hydroxylation sites is 2. The number of benzene rings is 2. The number of carbonyl (C=O) groups excluding carboxylic acids is 1. The van der Waals surface area contributed by atoms with Gasteiger partial charge in [0.1, 0.15) is 11.4 Å². The average molecular weight is 408 g/mol. The second-order valence-corrected chi connectivity index (χ2v) is 8.55. The molecule has 0 amide bonds. The Labute approximate surface area is 177 Å². The highest BCUT2D eigenvalue weighted by molar-refractivity contribution is 6.00. The fourth-order valence-electron chi connectivity index (χ4n) is 4.73. The summed E-state index contributed by atoms with van der Waals surface area (Å²) in [5, 5.41) is 11.7. The lowest BCUT2D eigenvalue weighted by molar-refractivity contribution is -0.0217. The van der Waals surface area contributed by atoms with Crippen LogP contribution in [0.15, 0.2) is 48.5 Å². The van der Waals surface area contributed by atoms with Gasteiger partial charge in [-0.05, 0) is 45.7 Å². The van der Waals surface area contributed by atoms with Crippen molar-refractivity contribution in [2.45, 2.75) is 51.2 Å². The normalized spacial score (nSPS) is 19.1. The number of aromatic nitrogens is 1. The van der Waals surface area contributed by atoms with E-state index in [4.69, 9.17) is 9.47 Å². The van der Waals surface area contributed by atoms with Crippen LogP contribution in [0.5, 0.6) is 5.75 Å². The van der Waals surface area contributed by atoms with Gasteiger partial charge in [-0.3, -0.25) is 0 Å². The highest BCUT2D eigenvalue weighted by Gasteiger charge is 2.41. The number of hydrogen-bond donors (Lipinski definition) is 1. The van der Waals surface area contributed by atoms with Gasteiger partial charge in [-0.1, -0.05) is 36.4 Å². The molecule has 4 rings (SSSR count). The van der Waals surface area contributed by atoms with Crippen LogP contribution in [-0.4, -0.2) is 34.0 Å². The Morgan fingerprint density at radius 3 is 2.60 bits per heavy atom. The number of nitrogens with zero attached hydrogens (tertiary/aromatic N) is 1. The lowest BCUT2D eigenvalue weighted by Gasteiger charge is -2.28. The van der Waals surface area contributed by atoms with E-state index >= 15 is 0 Å². The molecule has 1 fully saturated rings. The molecule has 0 radical (unpaired) electrons. The number of phenols is 1. The Morgan fingerprint density at radius 1 is 1.23 bits per heavy atom. The lowest BCUT2D eigenvalue weighted by atomic mass is 9.83. The molecule has 2 aromatic carbocycles. The number of hydrogen-bond acceptors (Lipinski definition) is 4. The van der Waals surface area contributed by atoms with Crippen LogP contribution < -0.4 is 0 Å². The molecule has 1 saturated heterocycles. The molecule has 0 bridgehead atoms. The zero-order valence-electron chi connectivity index (χ0n) is 18.0. The molecule has 1 aliphatic rings. The zero-order valence-corrected chi connectivity index (χ0v) is 18.0. The minimum atomic E-state index is -0.358. The van der Waals surface area contributed by atoms with Crippen molar-refractivity contribution in [3.8, 4) is 5.75 Å². The Hall–Kier alpha value is -2.79. The molecule has 1 aliphatic heterocycles. The molecule has 0 saturated carbocycles. The molecule has 1 aromatic heterocycles. The third kappa shape index (κ3) is 3.47. The second-order valence-electron chi connectivity index (χ2n) is 8.55. The summed E-state index contributed by atoms with van der Waals surface area (Å²) in [7, 11) is 1.89. The highest BCUT2D eigenvalue weighted by Crippen LogP contribution is 2.46. The third-order valence-electron chi connectivity index (χ3n) is 6.07. The molecule has 2 heterocycles. The van der Waals surface area contributed by atoms with Gasteiger partial charge in [-0.25, -0.2) is 4.79 Å².